The number of hydrogen-bond acceptors (Lipinski definition) is 2. The van der Waals surface area contributed by atoms with Crippen LogP contribution in [0.3, 0.4) is 0 Å². The maximum Gasteiger partial charge on any atom is 0.410 e. The lowest BCUT2D eigenvalue weighted by Gasteiger charge is -2.20. The number of likely N-dealkylation sites (tertiary alicyclic amines) is 1. The average molecular weight is 237 g/mol. The number of amides is 1. The van der Waals surface area contributed by atoms with Crippen molar-refractivity contribution in [2.45, 2.75) is 32.2 Å². The van der Waals surface area contributed by atoms with Gasteiger partial charge in [0.2, 0.25) is 0 Å². The van der Waals surface area contributed by atoms with Crippen LogP contribution in [0.1, 0.15) is 18.9 Å². The third kappa shape index (κ3) is 2.96. The monoisotopic (exact) mass is 237 g/mol. The molecule has 1 aliphatic heterocycles. The summed E-state index contributed by atoms with van der Waals surface area (Å²) in [6.07, 6.45) is -0.948. The molecule has 0 spiro atoms. The summed E-state index contributed by atoms with van der Waals surface area (Å²) in [6, 6.07) is 9.38. The van der Waals surface area contributed by atoms with Crippen LogP contribution in [0.2, 0.25) is 0 Å². The minimum absolute atomic E-state index is 0.0757. The zero-order chi connectivity index (χ0) is 12.3. The first-order valence-corrected chi connectivity index (χ1v) is 5.78. The summed E-state index contributed by atoms with van der Waals surface area (Å²) in [4.78, 5) is 13.2. The molecule has 0 saturated carbocycles. The molecule has 3 nitrogen and oxygen atoms in total. The predicted molar refractivity (Wildman–Crippen MR) is 62.3 cm³/mol. The highest BCUT2D eigenvalue weighted by atomic mass is 19.1. The summed E-state index contributed by atoms with van der Waals surface area (Å²) in [5, 5.41) is 0. The topological polar surface area (TPSA) is 29.5 Å². The molecule has 0 N–H and O–H groups in total. The van der Waals surface area contributed by atoms with Gasteiger partial charge in [0.05, 0.1) is 6.54 Å². The number of benzene rings is 1. The molecule has 17 heavy (non-hydrogen) atoms. The molecular weight excluding hydrogens is 221 g/mol. The van der Waals surface area contributed by atoms with Gasteiger partial charge in [-0.3, -0.25) is 0 Å². The fraction of sp³-hybridized carbons (Fsp3) is 0.462. The Morgan fingerprint density at radius 1 is 1.47 bits per heavy atom. The van der Waals surface area contributed by atoms with Gasteiger partial charge in [-0.15, -0.1) is 0 Å². The zero-order valence-electron chi connectivity index (χ0n) is 9.80. The van der Waals surface area contributed by atoms with E-state index < -0.39 is 12.3 Å². The van der Waals surface area contributed by atoms with Crippen LogP contribution in [0.5, 0.6) is 0 Å². The Hall–Kier alpha value is -1.58. The smallest absolute Gasteiger partial charge is 0.410 e. The van der Waals surface area contributed by atoms with E-state index in [0.29, 0.717) is 6.42 Å². The summed E-state index contributed by atoms with van der Waals surface area (Å²) in [5.74, 6) is 0. The van der Waals surface area contributed by atoms with E-state index in [2.05, 4.69) is 0 Å². The van der Waals surface area contributed by atoms with Gasteiger partial charge in [-0.05, 0) is 12.5 Å². The van der Waals surface area contributed by atoms with Crippen LogP contribution in [0.15, 0.2) is 30.3 Å². The third-order valence-corrected chi connectivity index (χ3v) is 2.96. The average Bonchev–Trinajstić information content (AvgIpc) is 2.67. The van der Waals surface area contributed by atoms with E-state index in [-0.39, 0.29) is 19.2 Å². The molecule has 1 aromatic rings. The van der Waals surface area contributed by atoms with Crippen molar-refractivity contribution in [3.8, 4) is 0 Å². The highest BCUT2D eigenvalue weighted by Crippen LogP contribution is 2.20. The lowest BCUT2D eigenvalue weighted by molar-refractivity contribution is 0.0928. The van der Waals surface area contributed by atoms with Crippen LogP contribution in [0.4, 0.5) is 9.18 Å². The maximum absolute atomic E-state index is 13.1. The fourth-order valence-electron chi connectivity index (χ4n) is 2.02. The second-order valence-electron chi connectivity index (χ2n) is 4.37. The molecule has 1 saturated heterocycles. The van der Waals surface area contributed by atoms with Crippen molar-refractivity contribution < 1.29 is 13.9 Å². The summed E-state index contributed by atoms with van der Waals surface area (Å²) >= 11 is 0. The van der Waals surface area contributed by atoms with Crippen molar-refractivity contribution in [1.29, 1.82) is 0 Å². The first-order chi connectivity index (χ1) is 8.16. The van der Waals surface area contributed by atoms with Crippen LogP contribution >= 0.6 is 0 Å². The molecule has 0 bridgehead atoms. The molecule has 0 radical (unpaired) electrons. The van der Waals surface area contributed by atoms with E-state index in [9.17, 15) is 9.18 Å². The van der Waals surface area contributed by atoms with Gasteiger partial charge in [-0.2, -0.15) is 0 Å². The number of alkyl halides is 1. The first-order valence-electron chi connectivity index (χ1n) is 5.78. The molecule has 92 valence electrons. The molecule has 4 heteroatoms. The SMILES string of the molecule is C[C@@H]1C[C@H](F)CN1C(=O)OCc1ccccc1. The van der Waals surface area contributed by atoms with E-state index in [1.165, 1.54) is 4.90 Å². The Bertz CT molecular complexity index is 382. The van der Waals surface area contributed by atoms with Crippen molar-refractivity contribution in [3.63, 3.8) is 0 Å². The highest BCUT2D eigenvalue weighted by Gasteiger charge is 2.33. The normalized spacial score (nSPS) is 23.8. The molecule has 1 heterocycles. The number of carbonyl (C=O) groups is 1. The number of carbonyl (C=O) groups excluding carboxylic acids is 1. The lowest BCUT2D eigenvalue weighted by atomic mass is 10.2. The number of nitrogens with zero attached hydrogens (tertiary/aromatic N) is 1. The molecule has 1 aliphatic rings. The number of halogens is 1. The zero-order valence-corrected chi connectivity index (χ0v) is 9.80. The number of hydrogen-bond donors (Lipinski definition) is 0. The Kier molecular flexibility index (Phi) is 3.61. The van der Waals surface area contributed by atoms with Crippen LogP contribution in [-0.4, -0.2) is 29.8 Å². The van der Waals surface area contributed by atoms with Gasteiger partial charge in [0.1, 0.15) is 12.8 Å². The quantitative estimate of drug-likeness (QED) is 0.791. The Labute approximate surface area is 100 Å². The molecular formula is C13H16FNO2. The van der Waals surface area contributed by atoms with Gasteiger partial charge in [0.25, 0.3) is 0 Å². The van der Waals surface area contributed by atoms with Gasteiger partial charge in [-0.25, -0.2) is 9.18 Å². The number of ether oxygens (including phenoxy) is 1. The Balaban J connectivity index is 1.86. The fourth-order valence-corrected chi connectivity index (χ4v) is 2.02. The summed E-state index contributed by atoms with van der Waals surface area (Å²) in [7, 11) is 0. The minimum Gasteiger partial charge on any atom is -0.445 e. The summed E-state index contributed by atoms with van der Waals surface area (Å²) in [6.45, 7) is 2.22. The minimum atomic E-state index is -0.922. The van der Waals surface area contributed by atoms with Crippen molar-refractivity contribution in [2.75, 3.05) is 6.54 Å². The van der Waals surface area contributed by atoms with Crippen molar-refractivity contribution in [3.05, 3.63) is 35.9 Å². The molecule has 0 aromatic heterocycles. The highest BCUT2D eigenvalue weighted by molar-refractivity contribution is 5.68. The van der Waals surface area contributed by atoms with Crippen LogP contribution in [0.25, 0.3) is 0 Å². The second kappa shape index (κ2) is 5.17. The van der Waals surface area contributed by atoms with Gasteiger partial charge >= 0.3 is 6.09 Å². The molecule has 1 amide bonds. The molecule has 1 fully saturated rings. The van der Waals surface area contributed by atoms with Crippen molar-refractivity contribution >= 4 is 6.09 Å². The van der Waals surface area contributed by atoms with Crippen LogP contribution in [0, 0.1) is 0 Å². The van der Waals surface area contributed by atoms with Gasteiger partial charge in [0, 0.05) is 12.5 Å². The first kappa shape index (κ1) is 11.9. The van der Waals surface area contributed by atoms with Gasteiger partial charge < -0.3 is 9.64 Å². The summed E-state index contributed by atoms with van der Waals surface area (Å²) < 4.78 is 18.2. The van der Waals surface area contributed by atoms with Crippen molar-refractivity contribution in [2.24, 2.45) is 0 Å². The van der Waals surface area contributed by atoms with Gasteiger partial charge in [-0.1, -0.05) is 30.3 Å². The lowest BCUT2D eigenvalue weighted by Crippen LogP contribution is -2.34. The van der Waals surface area contributed by atoms with E-state index in [4.69, 9.17) is 4.74 Å². The third-order valence-electron chi connectivity index (χ3n) is 2.96. The predicted octanol–water partition coefficient (Wildman–Crippen LogP) is 2.76. The van der Waals surface area contributed by atoms with E-state index in [1.807, 2.05) is 37.3 Å². The Morgan fingerprint density at radius 2 is 2.18 bits per heavy atom. The van der Waals surface area contributed by atoms with E-state index >= 15 is 0 Å². The standard InChI is InChI=1S/C13H16FNO2/c1-10-7-12(14)8-15(10)13(16)17-9-11-5-3-2-4-6-11/h2-6,10,12H,7-9H2,1H3/t10-,12+/m1/s1. The van der Waals surface area contributed by atoms with Crippen LogP contribution < -0.4 is 0 Å². The maximum atomic E-state index is 13.1. The molecule has 1 aromatic carbocycles. The molecule has 0 unspecified atom stereocenters. The van der Waals surface area contributed by atoms with Crippen molar-refractivity contribution in [1.82, 2.24) is 4.90 Å². The second-order valence-corrected chi connectivity index (χ2v) is 4.37. The largest absolute Gasteiger partial charge is 0.445 e. The number of rotatable bonds is 2. The molecule has 0 aliphatic carbocycles. The molecule has 2 atom stereocenters. The molecule has 2 rings (SSSR count). The van der Waals surface area contributed by atoms with E-state index in [0.717, 1.165) is 5.56 Å². The van der Waals surface area contributed by atoms with Crippen LogP contribution in [-0.2, 0) is 11.3 Å². The Morgan fingerprint density at radius 3 is 2.76 bits per heavy atom. The van der Waals surface area contributed by atoms with E-state index in [1.54, 1.807) is 0 Å². The van der Waals surface area contributed by atoms with Gasteiger partial charge in [0.15, 0.2) is 0 Å². The summed E-state index contributed by atoms with van der Waals surface area (Å²) in [5.41, 5.74) is 0.935.